The van der Waals surface area contributed by atoms with E-state index in [0.717, 1.165) is 16.1 Å². The van der Waals surface area contributed by atoms with E-state index in [9.17, 15) is 9.90 Å². The highest BCUT2D eigenvalue weighted by Gasteiger charge is 2.19. The van der Waals surface area contributed by atoms with E-state index in [1.54, 1.807) is 14.0 Å². The van der Waals surface area contributed by atoms with E-state index in [1.165, 1.54) is 11.5 Å². The van der Waals surface area contributed by atoms with Gasteiger partial charge in [-0.25, -0.2) is 0 Å². The molecule has 0 saturated carbocycles. The van der Waals surface area contributed by atoms with E-state index in [4.69, 9.17) is 0 Å². The summed E-state index contributed by atoms with van der Waals surface area (Å²) in [5.41, 5.74) is 3.06. The molecule has 1 aromatic carbocycles. The van der Waals surface area contributed by atoms with E-state index in [1.807, 2.05) is 31.2 Å². The second-order valence-corrected chi connectivity index (χ2v) is 5.58. The normalized spacial score (nSPS) is 12.0. The van der Waals surface area contributed by atoms with Crippen molar-refractivity contribution in [3.8, 4) is 0 Å². The van der Waals surface area contributed by atoms with Crippen molar-refractivity contribution < 1.29 is 9.90 Å². The third kappa shape index (κ3) is 3.40. The summed E-state index contributed by atoms with van der Waals surface area (Å²) in [4.78, 5) is 12.2. The van der Waals surface area contributed by atoms with Crippen LogP contribution in [0, 0.1) is 13.8 Å². The Kier molecular flexibility index (Phi) is 4.93. The Morgan fingerprint density at radius 2 is 2.10 bits per heavy atom. The molecule has 0 fully saturated rings. The second-order valence-electron chi connectivity index (χ2n) is 4.80. The molecular formula is C15H19N3O2S. The fourth-order valence-corrected chi connectivity index (χ4v) is 2.90. The molecule has 0 aliphatic carbocycles. The number of aromatic nitrogens is 1. The van der Waals surface area contributed by atoms with Gasteiger partial charge in [0.25, 0.3) is 5.91 Å². The van der Waals surface area contributed by atoms with Gasteiger partial charge < -0.3 is 15.7 Å². The molecule has 1 aromatic heterocycles. The lowest BCUT2D eigenvalue weighted by Gasteiger charge is -2.14. The van der Waals surface area contributed by atoms with Gasteiger partial charge in [0.2, 0.25) is 0 Å². The smallest absolute Gasteiger partial charge is 0.256 e. The molecule has 1 unspecified atom stereocenters. The lowest BCUT2D eigenvalue weighted by Crippen LogP contribution is -2.29. The van der Waals surface area contributed by atoms with Crippen LogP contribution in [0.5, 0.6) is 0 Å². The van der Waals surface area contributed by atoms with Crippen LogP contribution in [-0.2, 0) is 0 Å². The topological polar surface area (TPSA) is 74.2 Å². The molecule has 2 aromatic rings. The molecule has 0 aliphatic heterocycles. The van der Waals surface area contributed by atoms with Gasteiger partial charge >= 0.3 is 0 Å². The van der Waals surface area contributed by atoms with Crippen LogP contribution in [0.1, 0.15) is 33.3 Å². The maximum absolute atomic E-state index is 12.2. The molecule has 2 rings (SSSR count). The van der Waals surface area contributed by atoms with E-state index >= 15 is 0 Å². The number of carbonyl (C=O) groups excluding carboxylic acids is 1. The lowest BCUT2D eigenvalue weighted by molar-refractivity contribution is 0.0916. The summed E-state index contributed by atoms with van der Waals surface area (Å²) < 4.78 is 4.16. The molecule has 0 radical (unpaired) electrons. The van der Waals surface area contributed by atoms with Crippen LogP contribution in [0.25, 0.3) is 0 Å². The van der Waals surface area contributed by atoms with Gasteiger partial charge in [-0.05, 0) is 36.5 Å². The summed E-state index contributed by atoms with van der Waals surface area (Å²) >= 11 is 1.25. The van der Waals surface area contributed by atoms with Crippen molar-refractivity contribution >= 4 is 22.4 Å². The molecule has 1 atom stereocenters. The average Bonchev–Trinajstić information content (AvgIpc) is 2.86. The first-order chi connectivity index (χ1) is 10.0. The highest BCUT2D eigenvalue weighted by atomic mass is 32.1. The molecule has 0 aliphatic rings. The molecule has 0 spiro atoms. The second kappa shape index (κ2) is 6.69. The van der Waals surface area contributed by atoms with E-state index in [2.05, 4.69) is 15.0 Å². The summed E-state index contributed by atoms with van der Waals surface area (Å²) in [6.07, 6.45) is -0.722. The van der Waals surface area contributed by atoms with E-state index in [-0.39, 0.29) is 12.5 Å². The molecule has 1 heterocycles. The highest BCUT2D eigenvalue weighted by Crippen LogP contribution is 2.24. The zero-order chi connectivity index (χ0) is 15.4. The minimum absolute atomic E-state index is 0.169. The van der Waals surface area contributed by atoms with Crippen molar-refractivity contribution in [3.05, 3.63) is 46.6 Å². The first kappa shape index (κ1) is 15.5. The van der Waals surface area contributed by atoms with Crippen LogP contribution < -0.4 is 10.6 Å². The number of aliphatic hydroxyl groups excluding tert-OH is 1. The zero-order valence-corrected chi connectivity index (χ0v) is 13.1. The zero-order valence-electron chi connectivity index (χ0n) is 12.3. The Hall–Kier alpha value is -1.92. The van der Waals surface area contributed by atoms with Gasteiger partial charge in [0, 0.05) is 13.6 Å². The standard InChI is InChI=1S/C15H19N3O2S/c1-9-6-4-5-7-11(9)12(19)8-17-14(20)13-10(2)18-21-15(13)16-3/h4-7,12,16,19H,8H2,1-3H3,(H,17,20). The summed E-state index contributed by atoms with van der Waals surface area (Å²) in [6, 6.07) is 7.60. The van der Waals surface area contributed by atoms with Crippen LogP contribution in [0.4, 0.5) is 5.00 Å². The first-order valence-corrected chi connectivity index (χ1v) is 7.47. The maximum atomic E-state index is 12.2. The summed E-state index contributed by atoms with van der Waals surface area (Å²) in [6.45, 7) is 3.90. The van der Waals surface area contributed by atoms with Crippen molar-refractivity contribution in [1.82, 2.24) is 9.69 Å². The molecule has 6 heteroatoms. The predicted octanol–water partition coefficient (Wildman–Crippen LogP) is 2.27. The minimum Gasteiger partial charge on any atom is -0.387 e. The SMILES string of the molecule is CNc1snc(C)c1C(=O)NCC(O)c1ccccc1C. The van der Waals surface area contributed by atoms with E-state index < -0.39 is 6.10 Å². The van der Waals surface area contributed by atoms with Crippen LogP contribution in [0.15, 0.2) is 24.3 Å². The number of nitrogens with one attached hydrogen (secondary N) is 2. The predicted molar refractivity (Wildman–Crippen MR) is 84.9 cm³/mol. The number of hydrogen-bond acceptors (Lipinski definition) is 5. The number of nitrogens with zero attached hydrogens (tertiary/aromatic N) is 1. The van der Waals surface area contributed by atoms with Crippen molar-refractivity contribution in [1.29, 1.82) is 0 Å². The summed E-state index contributed by atoms with van der Waals surface area (Å²) in [5.74, 6) is -0.224. The van der Waals surface area contributed by atoms with Crippen LogP contribution in [-0.4, -0.2) is 29.0 Å². The Bertz CT molecular complexity index is 640. The van der Waals surface area contributed by atoms with Crippen molar-refractivity contribution in [2.75, 3.05) is 18.9 Å². The van der Waals surface area contributed by atoms with Gasteiger partial charge in [0.05, 0.1) is 17.4 Å². The molecule has 0 bridgehead atoms. The third-order valence-corrected chi connectivity index (χ3v) is 4.28. The van der Waals surface area contributed by atoms with Crippen molar-refractivity contribution in [3.63, 3.8) is 0 Å². The number of benzene rings is 1. The molecule has 21 heavy (non-hydrogen) atoms. The Labute approximate surface area is 128 Å². The number of rotatable bonds is 5. The number of anilines is 1. The molecule has 112 valence electrons. The highest BCUT2D eigenvalue weighted by molar-refractivity contribution is 7.10. The number of carbonyl (C=O) groups is 1. The lowest BCUT2D eigenvalue weighted by atomic mass is 10.0. The molecule has 3 N–H and O–H groups in total. The number of aryl methyl sites for hydroxylation is 2. The van der Waals surface area contributed by atoms with Crippen molar-refractivity contribution in [2.24, 2.45) is 0 Å². The maximum Gasteiger partial charge on any atom is 0.256 e. The largest absolute Gasteiger partial charge is 0.387 e. The van der Waals surface area contributed by atoms with Crippen LogP contribution >= 0.6 is 11.5 Å². The molecule has 0 saturated heterocycles. The molecule has 5 nitrogen and oxygen atoms in total. The van der Waals surface area contributed by atoms with Crippen LogP contribution in [0.3, 0.4) is 0 Å². The number of aliphatic hydroxyl groups is 1. The molecular weight excluding hydrogens is 286 g/mol. The Morgan fingerprint density at radius 1 is 1.38 bits per heavy atom. The minimum atomic E-state index is -0.722. The van der Waals surface area contributed by atoms with Gasteiger partial charge in [-0.2, -0.15) is 4.37 Å². The van der Waals surface area contributed by atoms with Gasteiger partial charge in [-0.15, -0.1) is 0 Å². The monoisotopic (exact) mass is 305 g/mol. The number of hydrogen-bond donors (Lipinski definition) is 3. The number of amides is 1. The first-order valence-electron chi connectivity index (χ1n) is 6.70. The van der Waals surface area contributed by atoms with E-state index in [0.29, 0.717) is 11.3 Å². The quantitative estimate of drug-likeness (QED) is 0.792. The fourth-order valence-electron chi connectivity index (χ4n) is 2.16. The summed E-state index contributed by atoms with van der Waals surface area (Å²) in [7, 11) is 1.76. The average molecular weight is 305 g/mol. The summed E-state index contributed by atoms with van der Waals surface area (Å²) in [5, 5.41) is 16.7. The Balaban J connectivity index is 2.04. The van der Waals surface area contributed by atoms with Gasteiger partial charge in [0.1, 0.15) is 5.00 Å². The Morgan fingerprint density at radius 3 is 2.76 bits per heavy atom. The van der Waals surface area contributed by atoms with Gasteiger partial charge in [-0.1, -0.05) is 24.3 Å². The molecule has 1 amide bonds. The third-order valence-electron chi connectivity index (χ3n) is 3.32. The van der Waals surface area contributed by atoms with Gasteiger partial charge in [0.15, 0.2) is 0 Å². The van der Waals surface area contributed by atoms with Crippen molar-refractivity contribution in [2.45, 2.75) is 20.0 Å². The van der Waals surface area contributed by atoms with Gasteiger partial charge in [-0.3, -0.25) is 4.79 Å². The fraction of sp³-hybridized carbons (Fsp3) is 0.333. The van der Waals surface area contributed by atoms with Crippen LogP contribution in [0.2, 0.25) is 0 Å².